The van der Waals surface area contributed by atoms with E-state index >= 15 is 0 Å². The monoisotopic (exact) mass is 303 g/mol. The molecule has 0 bridgehead atoms. The van der Waals surface area contributed by atoms with E-state index in [-0.39, 0.29) is 24.8 Å². The predicted octanol–water partition coefficient (Wildman–Crippen LogP) is 0.776. The molecule has 0 aliphatic carbocycles. The molecule has 2 amide bonds. The molecule has 22 heavy (non-hydrogen) atoms. The third kappa shape index (κ3) is 4.75. The lowest BCUT2D eigenvalue weighted by Gasteiger charge is -2.26. The van der Waals surface area contributed by atoms with Gasteiger partial charge in [0.25, 0.3) is 5.91 Å². The smallest absolute Gasteiger partial charge is 0.260 e. The van der Waals surface area contributed by atoms with E-state index in [9.17, 15) is 9.59 Å². The topological polar surface area (TPSA) is 91.7 Å². The van der Waals surface area contributed by atoms with Gasteiger partial charge in [-0.15, -0.1) is 0 Å². The fourth-order valence-electron chi connectivity index (χ4n) is 1.99. The fraction of sp³-hybridized carbons (Fsp3) is 0.400. The number of amides is 2. The second-order valence-electron chi connectivity index (χ2n) is 4.69. The van der Waals surface area contributed by atoms with Gasteiger partial charge in [0.1, 0.15) is 12.2 Å². The normalized spacial score (nSPS) is 14.0. The maximum Gasteiger partial charge on any atom is 0.260 e. The number of nitriles is 1. The first-order valence-electron chi connectivity index (χ1n) is 6.94. The first kappa shape index (κ1) is 15.8. The van der Waals surface area contributed by atoms with Crippen molar-refractivity contribution < 1.29 is 19.1 Å². The second kappa shape index (κ2) is 8.00. The summed E-state index contributed by atoms with van der Waals surface area (Å²) in [6.45, 7) is 2.19. The second-order valence-corrected chi connectivity index (χ2v) is 4.69. The first-order valence-corrected chi connectivity index (χ1v) is 6.94. The van der Waals surface area contributed by atoms with Crippen molar-refractivity contribution in [2.45, 2.75) is 6.42 Å². The largest absolute Gasteiger partial charge is 0.484 e. The number of benzene rings is 1. The van der Waals surface area contributed by atoms with Crippen molar-refractivity contribution in [2.75, 3.05) is 38.2 Å². The van der Waals surface area contributed by atoms with Crippen molar-refractivity contribution in [3.63, 3.8) is 0 Å². The molecule has 0 spiro atoms. The molecular formula is C15H17N3O4. The van der Waals surface area contributed by atoms with E-state index in [0.717, 1.165) is 0 Å². The summed E-state index contributed by atoms with van der Waals surface area (Å²) < 4.78 is 10.6. The molecule has 2 rings (SSSR count). The Morgan fingerprint density at radius 1 is 1.36 bits per heavy atom. The maximum absolute atomic E-state index is 12.0. The molecular weight excluding hydrogens is 286 g/mol. The van der Waals surface area contributed by atoms with Gasteiger partial charge in [0.15, 0.2) is 6.61 Å². The minimum atomic E-state index is -0.385. The summed E-state index contributed by atoms with van der Waals surface area (Å²) >= 11 is 0. The van der Waals surface area contributed by atoms with Crippen LogP contribution in [0.3, 0.4) is 0 Å². The predicted molar refractivity (Wildman–Crippen MR) is 78.2 cm³/mol. The van der Waals surface area contributed by atoms with E-state index in [1.54, 1.807) is 35.2 Å². The number of rotatable bonds is 5. The zero-order valence-corrected chi connectivity index (χ0v) is 12.1. The summed E-state index contributed by atoms with van der Waals surface area (Å²) in [6, 6.07) is 8.48. The van der Waals surface area contributed by atoms with Crippen LogP contribution in [0.5, 0.6) is 5.75 Å². The number of hydrogen-bond donors (Lipinski definition) is 1. The summed E-state index contributed by atoms with van der Waals surface area (Å²) in [6.07, 6.45) is -0.208. The van der Waals surface area contributed by atoms with Crippen LogP contribution in [0.4, 0.5) is 5.69 Å². The van der Waals surface area contributed by atoms with Crippen LogP contribution in [0.2, 0.25) is 0 Å². The lowest BCUT2D eigenvalue weighted by Crippen LogP contribution is -2.42. The number of ether oxygens (including phenoxy) is 2. The van der Waals surface area contributed by atoms with E-state index in [0.29, 0.717) is 37.7 Å². The number of carbonyl (C=O) groups excluding carboxylic acids is 2. The number of hydrogen-bond acceptors (Lipinski definition) is 5. The molecule has 0 atom stereocenters. The Kier molecular flexibility index (Phi) is 5.74. The summed E-state index contributed by atoms with van der Waals surface area (Å²) in [4.78, 5) is 25.0. The Labute approximate surface area is 128 Å². The lowest BCUT2D eigenvalue weighted by atomic mass is 10.3. The lowest BCUT2D eigenvalue weighted by molar-refractivity contribution is -0.137. The van der Waals surface area contributed by atoms with Gasteiger partial charge in [-0.1, -0.05) is 6.07 Å². The zero-order valence-electron chi connectivity index (χ0n) is 12.1. The highest BCUT2D eigenvalue weighted by molar-refractivity contribution is 5.92. The van der Waals surface area contributed by atoms with Gasteiger partial charge in [0, 0.05) is 24.8 Å². The van der Waals surface area contributed by atoms with Crippen molar-refractivity contribution in [2.24, 2.45) is 0 Å². The third-order valence-corrected chi connectivity index (χ3v) is 3.08. The number of carbonyl (C=O) groups is 2. The Hall–Kier alpha value is -2.59. The molecule has 1 N–H and O–H groups in total. The average Bonchev–Trinajstić information content (AvgIpc) is 2.54. The maximum atomic E-state index is 12.0. The number of nitrogens with zero attached hydrogens (tertiary/aromatic N) is 2. The molecule has 0 unspecified atom stereocenters. The van der Waals surface area contributed by atoms with Crippen LogP contribution in [-0.2, 0) is 14.3 Å². The SMILES string of the molecule is N#CCC(=O)Nc1cccc(OCC(=O)N2CCOCC2)c1. The van der Waals surface area contributed by atoms with Crippen molar-refractivity contribution in [1.82, 2.24) is 4.90 Å². The quantitative estimate of drug-likeness (QED) is 0.867. The third-order valence-electron chi connectivity index (χ3n) is 3.08. The highest BCUT2D eigenvalue weighted by Gasteiger charge is 2.17. The van der Waals surface area contributed by atoms with Gasteiger partial charge in [0.05, 0.1) is 19.3 Å². The van der Waals surface area contributed by atoms with Crippen LogP contribution in [0.1, 0.15) is 6.42 Å². The number of anilines is 1. The van der Waals surface area contributed by atoms with Gasteiger partial charge in [-0.2, -0.15) is 5.26 Å². The van der Waals surface area contributed by atoms with Gasteiger partial charge in [-0.3, -0.25) is 9.59 Å². The van der Waals surface area contributed by atoms with E-state index in [4.69, 9.17) is 14.7 Å². The van der Waals surface area contributed by atoms with Crippen LogP contribution in [-0.4, -0.2) is 49.6 Å². The number of nitrogens with one attached hydrogen (secondary N) is 1. The van der Waals surface area contributed by atoms with Crippen molar-refractivity contribution in [3.05, 3.63) is 24.3 Å². The molecule has 1 aromatic rings. The highest BCUT2D eigenvalue weighted by Crippen LogP contribution is 2.17. The van der Waals surface area contributed by atoms with Crippen molar-refractivity contribution >= 4 is 17.5 Å². The molecule has 1 fully saturated rings. The van der Waals surface area contributed by atoms with Gasteiger partial charge < -0.3 is 19.7 Å². The first-order chi connectivity index (χ1) is 10.7. The van der Waals surface area contributed by atoms with Crippen LogP contribution in [0.25, 0.3) is 0 Å². The molecule has 7 heteroatoms. The van der Waals surface area contributed by atoms with Crippen molar-refractivity contribution in [3.8, 4) is 11.8 Å². The van der Waals surface area contributed by atoms with Crippen LogP contribution < -0.4 is 10.1 Å². The van der Waals surface area contributed by atoms with E-state index < -0.39 is 0 Å². The minimum absolute atomic E-state index is 0.0599. The fourth-order valence-corrected chi connectivity index (χ4v) is 1.99. The Morgan fingerprint density at radius 2 is 2.14 bits per heavy atom. The molecule has 1 aliphatic rings. The summed E-state index contributed by atoms with van der Waals surface area (Å²) in [5, 5.41) is 11.0. The summed E-state index contributed by atoms with van der Waals surface area (Å²) in [7, 11) is 0. The van der Waals surface area contributed by atoms with E-state index in [1.807, 2.05) is 0 Å². The molecule has 1 heterocycles. The highest BCUT2D eigenvalue weighted by atomic mass is 16.5. The average molecular weight is 303 g/mol. The molecule has 0 aromatic heterocycles. The van der Waals surface area contributed by atoms with Gasteiger partial charge in [0.2, 0.25) is 5.91 Å². The molecule has 1 aliphatic heterocycles. The Morgan fingerprint density at radius 3 is 2.86 bits per heavy atom. The van der Waals surface area contributed by atoms with E-state index in [1.165, 1.54) is 0 Å². The minimum Gasteiger partial charge on any atom is -0.484 e. The van der Waals surface area contributed by atoms with Crippen molar-refractivity contribution in [1.29, 1.82) is 5.26 Å². The van der Waals surface area contributed by atoms with Crippen LogP contribution >= 0.6 is 0 Å². The van der Waals surface area contributed by atoms with Crippen LogP contribution in [0, 0.1) is 11.3 Å². The standard InChI is InChI=1S/C15H17N3O4/c16-5-4-14(19)17-12-2-1-3-13(10-12)22-11-15(20)18-6-8-21-9-7-18/h1-3,10H,4,6-9,11H2,(H,17,19). The summed E-state index contributed by atoms with van der Waals surface area (Å²) in [5.74, 6) is 0.00243. The van der Waals surface area contributed by atoms with Crippen LogP contribution in [0.15, 0.2) is 24.3 Å². The molecule has 116 valence electrons. The van der Waals surface area contributed by atoms with Gasteiger partial charge in [-0.25, -0.2) is 0 Å². The Balaban J connectivity index is 1.86. The van der Waals surface area contributed by atoms with E-state index in [2.05, 4.69) is 5.32 Å². The Bertz CT molecular complexity index is 576. The molecule has 7 nitrogen and oxygen atoms in total. The summed E-state index contributed by atoms with van der Waals surface area (Å²) in [5.41, 5.74) is 0.525. The zero-order chi connectivity index (χ0) is 15.8. The molecule has 0 radical (unpaired) electrons. The molecule has 1 aromatic carbocycles. The molecule has 1 saturated heterocycles. The molecule has 0 saturated carbocycles. The number of morpholine rings is 1. The van der Waals surface area contributed by atoms with Gasteiger partial charge in [-0.05, 0) is 12.1 Å². The van der Waals surface area contributed by atoms with Gasteiger partial charge >= 0.3 is 0 Å².